The standard InChI is InChI=1S/C24H29N3O5S/c1-4-27(19-8-6-5-7-9-19)24(29)18-10-12-26(13-11-18)33(30,31)22-15-21-20(14-16(22)2)25-23(28)17(3)32-21/h5-9,14-15,17-18H,4,10-13H2,1-3H3,(H,25,28). The molecule has 176 valence electrons. The van der Waals surface area contributed by atoms with Crippen LogP contribution in [0.5, 0.6) is 5.75 Å². The molecule has 4 rings (SSSR count). The zero-order chi connectivity index (χ0) is 23.8. The van der Waals surface area contributed by atoms with Crippen LogP contribution in [0.15, 0.2) is 47.4 Å². The van der Waals surface area contributed by atoms with Crippen molar-refractivity contribution < 1.29 is 22.7 Å². The van der Waals surface area contributed by atoms with E-state index in [1.807, 2.05) is 37.3 Å². The summed E-state index contributed by atoms with van der Waals surface area (Å²) in [6.45, 7) is 6.36. The molecule has 2 aromatic rings. The van der Waals surface area contributed by atoms with E-state index < -0.39 is 16.1 Å². The summed E-state index contributed by atoms with van der Waals surface area (Å²) in [7, 11) is -3.77. The number of ether oxygens (including phenoxy) is 1. The summed E-state index contributed by atoms with van der Waals surface area (Å²) < 4.78 is 33.9. The fraction of sp³-hybridized carbons (Fsp3) is 0.417. The van der Waals surface area contributed by atoms with E-state index in [-0.39, 0.29) is 35.7 Å². The number of piperidine rings is 1. The Morgan fingerprint density at radius 3 is 2.48 bits per heavy atom. The Morgan fingerprint density at radius 2 is 1.85 bits per heavy atom. The van der Waals surface area contributed by atoms with Crippen molar-refractivity contribution in [2.24, 2.45) is 5.92 Å². The summed E-state index contributed by atoms with van der Waals surface area (Å²) in [6.07, 6.45) is 0.243. The van der Waals surface area contributed by atoms with Gasteiger partial charge in [0.05, 0.1) is 10.6 Å². The number of amides is 2. The Labute approximate surface area is 194 Å². The van der Waals surface area contributed by atoms with Gasteiger partial charge in [0, 0.05) is 37.3 Å². The quantitative estimate of drug-likeness (QED) is 0.723. The number of aryl methyl sites for hydroxylation is 1. The number of rotatable bonds is 5. The second-order valence-electron chi connectivity index (χ2n) is 8.46. The van der Waals surface area contributed by atoms with Crippen LogP contribution in [-0.4, -0.2) is 50.3 Å². The lowest BCUT2D eigenvalue weighted by atomic mass is 9.96. The van der Waals surface area contributed by atoms with E-state index in [1.54, 1.807) is 24.8 Å². The van der Waals surface area contributed by atoms with Crippen LogP contribution in [0.3, 0.4) is 0 Å². The van der Waals surface area contributed by atoms with Crippen LogP contribution in [0.25, 0.3) is 0 Å². The number of fused-ring (bicyclic) bond motifs is 1. The number of benzene rings is 2. The fourth-order valence-corrected chi connectivity index (χ4v) is 6.09. The molecule has 0 radical (unpaired) electrons. The van der Waals surface area contributed by atoms with Crippen LogP contribution in [-0.2, 0) is 19.6 Å². The van der Waals surface area contributed by atoms with Crippen LogP contribution in [0.2, 0.25) is 0 Å². The molecule has 9 heteroatoms. The molecule has 1 unspecified atom stereocenters. The molecule has 0 spiro atoms. The van der Waals surface area contributed by atoms with Gasteiger partial charge in [-0.1, -0.05) is 18.2 Å². The number of carbonyl (C=O) groups excluding carboxylic acids is 2. The number of hydrogen-bond donors (Lipinski definition) is 1. The first kappa shape index (κ1) is 23.3. The molecule has 8 nitrogen and oxygen atoms in total. The average Bonchev–Trinajstić information content (AvgIpc) is 2.81. The van der Waals surface area contributed by atoms with Gasteiger partial charge in [0.2, 0.25) is 15.9 Å². The molecular weight excluding hydrogens is 442 g/mol. The Kier molecular flexibility index (Phi) is 6.45. The third-order valence-corrected chi connectivity index (χ3v) is 8.32. The van der Waals surface area contributed by atoms with Crippen LogP contribution < -0.4 is 15.0 Å². The molecule has 0 saturated carbocycles. The SMILES string of the molecule is CCN(C(=O)C1CCN(S(=O)(=O)c2cc3c(cc2C)NC(=O)C(C)O3)CC1)c1ccccc1. The smallest absolute Gasteiger partial charge is 0.265 e. The third kappa shape index (κ3) is 4.47. The first-order valence-electron chi connectivity index (χ1n) is 11.2. The summed E-state index contributed by atoms with van der Waals surface area (Å²) in [5.74, 6) is -0.108. The van der Waals surface area contributed by atoms with Gasteiger partial charge in [0.25, 0.3) is 5.91 Å². The molecule has 0 aromatic heterocycles. The molecule has 1 fully saturated rings. The maximum Gasteiger partial charge on any atom is 0.265 e. The second kappa shape index (κ2) is 9.15. The largest absolute Gasteiger partial charge is 0.479 e. The van der Waals surface area contributed by atoms with Gasteiger partial charge in [-0.3, -0.25) is 9.59 Å². The maximum atomic E-state index is 13.4. The lowest BCUT2D eigenvalue weighted by Crippen LogP contribution is -2.44. The molecule has 0 aliphatic carbocycles. The predicted molar refractivity (Wildman–Crippen MR) is 126 cm³/mol. The van der Waals surface area contributed by atoms with Gasteiger partial charge in [-0.25, -0.2) is 8.42 Å². The summed E-state index contributed by atoms with van der Waals surface area (Å²) >= 11 is 0. The maximum absolute atomic E-state index is 13.4. The number of nitrogens with one attached hydrogen (secondary N) is 1. The van der Waals surface area contributed by atoms with E-state index in [0.717, 1.165) is 5.69 Å². The number of carbonyl (C=O) groups is 2. The Bertz CT molecular complexity index is 1160. The second-order valence-corrected chi connectivity index (χ2v) is 10.4. The summed E-state index contributed by atoms with van der Waals surface area (Å²) in [6, 6.07) is 12.6. The lowest BCUT2D eigenvalue weighted by molar-refractivity contribution is -0.123. The van der Waals surface area contributed by atoms with Crippen molar-refractivity contribution in [2.45, 2.75) is 44.6 Å². The zero-order valence-electron chi connectivity index (χ0n) is 19.1. The highest BCUT2D eigenvalue weighted by Gasteiger charge is 2.35. The fourth-order valence-electron chi connectivity index (χ4n) is 4.40. The zero-order valence-corrected chi connectivity index (χ0v) is 19.9. The van der Waals surface area contributed by atoms with Gasteiger partial charge in [-0.05, 0) is 57.4 Å². The normalized spacial score (nSPS) is 19.4. The van der Waals surface area contributed by atoms with Gasteiger partial charge >= 0.3 is 0 Å². The minimum Gasteiger partial charge on any atom is -0.479 e. The van der Waals surface area contributed by atoms with Crippen molar-refractivity contribution in [1.29, 1.82) is 0 Å². The van der Waals surface area contributed by atoms with Gasteiger partial charge in [-0.2, -0.15) is 4.31 Å². The van der Waals surface area contributed by atoms with Crippen molar-refractivity contribution in [2.75, 3.05) is 29.9 Å². The summed E-state index contributed by atoms with van der Waals surface area (Å²) in [5.41, 5.74) is 1.86. The lowest BCUT2D eigenvalue weighted by Gasteiger charge is -2.34. The van der Waals surface area contributed by atoms with E-state index in [0.29, 0.717) is 36.4 Å². The topological polar surface area (TPSA) is 96.0 Å². The number of para-hydroxylation sites is 1. The first-order valence-corrected chi connectivity index (χ1v) is 12.6. The number of nitrogens with zero attached hydrogens (tertiary/aromatic N) is 2. The van der Waals surface area contributed by atoms with Gasteiger partial charge < -0.3 is 15.0 Å². The molecule has 2 heterocycles. The van der Waals surface area contributed by atoms with Crippen molar-refractivity contribution in [3.63, 3.8) is 0 Å². The van der Waals surface area contributed by atoms with Crippen LogP contribution in [0, 0.1) is 12.8 Å². The van der Waals surface area contributed by atoms with E-state index in [2.05, 4.69) is 5.32 Å². The molecule has 2 amide bonds. The highest BCUT2D eigenvalue weighted by atomic mass is 32.2. The highest BCUT2D eigenvalue weighted by molar-refractivity contribution is 7.89. The molecule has 0 bridgehead atoms. The Morgan fingerprint density at radius 1 is 1.18 bits per heavy atom. The van der Waals surface area contributed by atoms with Crippen LogP contribution in [0.1, 0.15) is 32.3 Å². The van der Waals surface area contributed by atoms with Crippen molar-refractivity contribution in [3.05, 3.63) is 48.0 Å². The molecule has 1 saturated heterocycles. The van der Waals surface area contributed by atoms with Crippen molar-refractivity contribution in [1.82, 2.24) is 4.31 Å². The molecule has 2 aliphatic heterocycles. The molecule has 2 aliphatic rings. The molecular formula is C24H29N3O5S. The molecule has 33 heavy (non-hydrogen) atoms. The van der Waals surface area contributed by atoms with E-state index >= 15 is 0 Å². The Balaban J connectivity index is 1.49. The van der Waals surface area contributed by atoms with Crippen molar-refractivity contribution >= 4 is 33.2 Å². The first-order chi connectivity index (χ1) is 15.7. The highest BCUT2D eigenvalue weighted by Crippen LogP contribution is 2.36. The van der Waals surface area contributed by atoms with E-state index in [9.17, 15) is 18.0 Å². The van der Waals surface area contributed by atoms with Gasteiger partial charge in [0.1, 0.15) is 5.75 Å². The third-order valence-electron chi connectivity index (χ3n) is 6.28. The minimum atomic E-state index is -3.77. The number of anilines is 2. The van der Waals surface area contributed by atoms with Crippen LogP contribution in [0.4, 0.5) is 11.4 Å². The monoisotopic (exact) mass is 471 g/mol. The number of sulfonamides is 1. The van der Waals surface area contributed by atoms with E-state index in [4.69, 9.17) is 4.74 Å². The Hall–Kier alpha value is -2.91. The summed E-state index contributed by atoms with van der Waals surface area (Å²) in [4.78, 5) is 26.9. The predicted octanol–water partition coefficient (Wildman–Crippen LogP) is 3.17. The van der Waals surface area contributed by atoms with Gasteiger partial charge in [-0.15, -0.1) is 0 Å². The van der Waals surface area contributed by atoms with Gasteiger partial charge in [0.15, 0.2) is 6.10 Å². The molecule has 1 N–H and O–H groups in total. The summed E-state index contributed by atoms with van der Waals surface area (Å²) in [5, 5.41) is 2.74. The van der Waals surface area contributed by atoms with Crippen molar-refractivity contribution in [3.8, 4) is 5.75 Å². The minimum absolute atomic E-state index is 0.0313. The number of hydrogen-bond acceptors (Lipinski definition) is 5. The van der Waals surface area contributed by atoms with Crippen LogP contribution >= 0.6 is 0 Å². The molecule has 1 atom stereocenters. The molecule has 2 aromatic carbocycles. The van der Waals surface area contributed by atoms with E-state index in [1.165, 1.54) is 10.4 Å². The average molecular weight is 472 g/mol.